The number of rotatable bonds is 6. The van der Waals surface area contributed by atoms with Crippen molar-refractivity contribution in [1.29, 1.82) is 0 Å². The Bertz CT molecular complexity index is 574. The number of ether oxygens (including phenoxy) is 2. The number of benzene rings is 1. The van der Waals surface area contributed by atoms with Crippen LogP contribution in [-0.4, -0.2) is 35.7 Å². The summed E-state index contributed by atoms with van der Waals surface area (Å²) >= 11 is 0. The highest BCUT2D eigenvalue weighted by molar-refractivity contribution is 5.21. The number of aliphatic hydroxyl groups is 1. The minimum Gasteiger partial charge on any atom is -0.390 e. The van der Waals surface area contributed by atoms with E-state index in [4.69, 9.17) is 9.47 Å². The van der Waals surface area contributed by atoms with Crippen LogP contribution >= 0.6 is 0 Å². The van der Waals surface area contributed by atoms with Gasteiger partial charge in [-0.2, -0.15) is 4.39 Å². The fourth-order valence-electron chi connectivity index (χ4n) is 2.32. The van der Waals surface area contributed by atoms with Crippen LogP contribution in [0.5, 0.6) is 0 Å². The van der Waals surface area contributed by atoms with E-state index in [9.17, 15) is 9.50 Å². The molecule has 1 N–H and O–H groups in total. The molecule has 1 aromatic heterocycles. The topological polar surface area (TPSA) is 56.5 Å². The van der Waals surface area contributed by atoms with Crippen molar-refractivity contribution < 1.29 is 19.0 Å². The summed E-state index contributed by atoms with van der Waals surface area (Å²) in [6.07, 6.45) is 0. The van der Waals surface area contributed by atoms with E-state index in [1.807, 2.05) is 37.3 Å². The normalized spacial score (nSPS) is 13.4. The van der Waals surface area contributed by atoms with Gasteiger partial charge in [0.05, 0.1) is 6.04 Å². The van der Waals surface area contributed by atoms with E-state index in [-0.39, 0.29) is 6.04 Å². The van der Waals surface area contributed by atoms with Crippen molar-refractivity contribution in [1.82, 2.24) is 9.78 Å². The van der Waals surface area contributed by atoms with Gasteiger partial charge in [-0.25, -0.2) is 0 Å². The highest BCUT2D eigenvalue weighted by atomic mass is 19.1. The van der Waals surface area contributed by atoms with Crippen LogP contribution < -0.4 is 0 Å². The zero-order valence-corrected chi connectivity index (χ0v) is 12.3. The molecule has 0 aliphatic carbocycles. The van der Waals surface area contributed by atoms with Gasteiger partial charge in [-0.1, -0.05) is 30.3 Å². The SMILES string of the molecule is COC(CO)(OC)c1cc(F)nn1[C@H](C)c1ccccc1. The first kappa shape index (κ1) is 15.6. The second kappa shape index (κ2) is 6.34. The molecule has 0 radical (unpaired) electrons. The molecular weight excluding hydrogens is 275 g/mol. The van der Waals surface area contributed by atoms with Gasteiger partial charge in [-0.3, -0.25) is 4.68 Å². The molecule has 0 saturated heterocycles. The minimum atomic E-state index is -1.44. The number of aromatic nitrogens is 2. The Kier molecular flexibility index (Phi) is 4.72. The average molecular weight is 294 g/mol. The van der Waals surface area contributed by atoms with Gasteiger partial charge in [0.2, 0.25) is 11.7 Å². The van der Waals surface area contributed by atoms with Gasteiger partial charge in [0, 0.05) is 20.3 Å². The third-order valence-electron chi connectivity index (χ3n) is 3.61. The van der Waals surface area contributed by atoms with Crippen LogP contribution in [0, 0.1) is 5.95 Å². The first-order valence-corrected chi connectivity index (χ1v) is 6.59. The fourth-order valence-corrected chi connectivity index (χ4v) is 2.32. The van der Waals surface area contributed by atoms with Crippen molar-refractivity contribution in [3.8, 4) is 0 Å². The Labute approximate surface area is 122 Å². The molecule has 0 amide bonds. The molecular formula is C15H19FN2O3. The molecule has 0 aliphatic heterocycles. The van der Waals surface area contributed by atoms with Crippen molar-refractivity contribution in [2.24, 2.45) is 0 Å². The van der Waals surface area contributed by atoms with E-state index >= 15 is 0 Å². The summed E-state index contributed by atoms with van der Waals surface area (Å²) in [7, 11) is 2.78. The lowest BCUT2D eigenvalue weighted by atomic mass is 10.1. The monoisotopic (exact) mass is 294 g/mol. The standard InChI is InChI=1S/C15H19FN2O3/c1-11(12-7-5-4-6-8-12)18-13(9-14(16)17-18)15(10-19,20-2)21-3/h4-9,11,19H,10H2,1-3H3/t11-/m1/s1. The number of nitrogens with zero attached hydrogens (tertiary/aromatic N) is 2. The minimum absolute atomic E-state index is 0.234. The largest absolute Gasteiger partial charge is 0.390 e. The van der Waals surface area contributed by atoms with Crippen molar-refractivity contribution in [2.75, 3.05) is 20.8 Å². The van der Waals surface area contributed by atoms with E-state index in [1.165, 1.54) is 25.0 Å². The van der Waals surface area contributed by atoms with Crippen molar-refractivity contribution >= 4 is 0 Å². The molecule has 2 aromatic rings. The maximum atomic E-state index is 13.7. The molecule has 0 spiro atoms. The lowest BCUT2D eigenvalue weighted by Gasteiger charge is -2.30. The van der Waals surface area contributed by atoms with Gasteiger partial charge >= 0.3 is 0 Å². The van der Waals surface area contributed by atoms with Crippen LogP contribution in [0.4, 0.5) is 4.39 Å². The Hall–Kier alpha value is -1.76. The number of hydrogen-bond acceptors (Lipinski definition) is 4. The van der Waals surface area contributed by atoms with Gasteiger partial charge in [0.25, 0.3) is 0 Å². The summed E-state index contributed by atoms with van der Waals surface area (Å²) in [5.74, 6) is -2.10. The lowest BCUT2D eigenvalue weighted by molar-refractivity contribution is -0.240. The molecule has 2 rings (SSSR count). The lowest BCUT2D eigenvalue weighted by Crippen LogP contribution is -2.38. The molecule has 1 heterocycles. The molecule has 0 aliphatic rings. The van der Waals surface area contributed by atoms with Crippen LogP contribution in [0.2, 0.25) is 0 Å². The first-order valence-electron chi connectivity index (χ1n) is 6.59. The van der Waals surface area contributed by atoms with Gasteiger partial charge in [0.1, 0.15) is 12.3 Å². The number of methoxy groups -OCH3 is 2. The summed E-state index contributed by atoms with van der Waals surface area (Å²) in [4.78, 5) is 0. The molecule has 21 heavy (non-hydrogen) atoms. The molecule has 1 aromatic carbocycles. The van der Waals surface area contributed by atoms with E-state index in [0.717, 1.165) is 5.56 Å². The third kappa shape index (κ3) is 2.83. The zero-order valence-electron chi connectivity index (χ0n) is 12.3. The predicted molar refractivity (Wildman–Crippen MR) is 75.2 cm³/mol. The van der Waals surface area contributed by atoms with Gasteiger partial charge < -0.3 is 14.6 Å². The number of hydrogen-bond donors (Lipinski definition) is 1. The highest BCUT2D eigenvalue weighted by Gasteiger charge is 2.37. The van der Waals surface area contributed by atoms with Crippen LogP contribution in [0.25, 0.3) is 0 Å². The maximum absolute atomic E-state index is 13.7. The quantitative estimate of drug-likeness (QED) is 0.829. The number of halogens is 1. The van der Waals surface area contributed by atoms with Crippen molar-refractivity contribution in [2.45, 2.75) is 18.8 Å². The van der Waals surface area contributed by atoms with E-state index < -0.39 is 18.3 Å². The van der Waals surface area contributed by atoms with Crippen LogP contribution in [-0.2, 0) is 15.3 Å². The van der Waals surface area contributed by atoms with E-state index in [2.05, 4.69) is 5.10 Å². The molecule has 5 nitrogen and oxygen atoms in total. The molecule has 0 fully saturated rings. The predicted octanol–water partition coefficient (Wildman–Crippen LogP) is 2.07. The Morgan fingerprint density at radius 2 is 1.90 bits per heavy atom. The second-order valence-electron chi connectivity index (χ2n) is 4.70. The fraction of sp³-hybridized carbons (Fsp3) is 0.400. The maximum Gasteiger partial charge on any atom is 0.235 e. The Balaban J connectivity index is 2.51. The number of aliphatic hydroxyl groups excluding tert-OH is 1. The highest BCUT2D eigenvalue weighted by Crippen LogP contribution is 2.30. The summed E-state index contributed by atoms with van der Waals surface area (Å²) in [6, 6.07) is 10.5. The zero-order chi connectivity index (χ0) is 15.5. The summed E-state index contributed by atoms with van der Waals surface area (Å²) in [6.45, 7) is 1.44. The third-order valence-corrected chi connectivity index (χ3v) is 3.61. The second-order valence-corrected chi connectivity index (χ2v) is 4.70. The molecule has 1 atom stereocenters. The van der Waals surface area contributed by atoms with Gasteiger partial charge in [-0.15, -0.1) is 5.10 Å². The molecule has 0 unspecified atom stereocenters. The van der Waals surface area contributed by atoms with Crippen molar-refractivity contribution in [3.05, 3.63) is 53.6 Å². The van der Waals surface area contributed by atoms with Crippen LogP contribution in [0.1, 0.15) is 24.2 Å². The van der Waals surface area contributed by atoms with Gasteiger partial charge in [-0.05, 0) is 12.5 Å². The molecule has 6 heteroatoms. The van der Waals surface area contributed by atoms with Crippen molar-refractivity contribution in [3.63, 3.8) is 0 Å². The van der Waals surface area contributed by atoms with Crippen LogP contribution in [0.15, 0.2) is 36.4 Å². The molecule has 0 bridgehead atoms. The van der Waals surface area contributed by atoms with E-state index in [1.54, 1.807) is 0 Å². The summed E-state index contributed by atoms with van der Waals surface area (Å²) in [5, 5.41) is 13.5. The smallest absolute Gasteiger partial charge is 0.235 e. The molecule has 0 saturated carbocycles. The summed E-state index contributed by atoms with van der Waals surface area (Å²) < 4.78 is 25.7. The Morgan fingerprint density at radius 3 is 2.43 bits per heavy atom. The van der Waals surface area contributed by atoms with Crippen LogP contribution in [0.3, 0.4) is 0 Å². The average Bonchev–Trinajstić information content (AvgIpc) is 2.92. The Morgan fingerprint density at radius 1 is 1.29 bits per heavy atom. The van der Waals surface area contributed by atoms with E-state index in [0.29, 0.717) is 5.69 Å². The summed E-state index contributed by atoms with van der Waals surface area (Å²) in [5.41, 5.74) is 1.28. The van der Waals surface area contributed by atoms with Gasteiger partial charge in [0.15, 0.2) is 0 Å². The molecule has 114 valence electrons. The first-order chi connectivity index (χ1) is 10.1.